The Labute approximate surface area is 105 Å². The van der Waals surface area contributed by atoms with Crippen molar-refractivity contribution in [1.29, 1.82) is 0 Å². The van der Waals surface area contributed by atoms with Crippen LogP contribution < -0.4 is 5.32 Å². The molecule has 0 aliphatic carbocycles. The summed E-state index contributed by atoms with van der Waals surface area (Å²) in [6.45, 7) is -0.569. The van der Waals surface area contributed by atoms with E-state index in [0.29, 0.717) is 0 Å². The third-order valence-corrected chi connectivity index (χ3v) is 1.74. The van der Waals surface area contributed by atoms with Crippen LogP contribution in [0.4, 0.5) is 0 Å². The molecule has 0 fully saturated rings. The van der Waals surface area contributed by atoms with E-state index in [1.165, 1.54) is 0 Å². The van der Waals surface area contributed by atoms with Crippen LogP contribution in [0.15, 0.2) is 0 Å². The Morgan fingerprint density at radius 1 is 1.00 bits per heavy atom. The van der Waals surface area contributed by atoms with Gasteiger partial charge in [0.25, 0.3) is 0 Å². The molecule has 0 unspecified atom stereocenters. The van der Waals surface area contributed by atoms with E-state index in [1.54, 1.807) is 7.05 Å². The van der Waals surface area contributed by atoms with Crippen molar-refractivity contribution in [2.75, 3.05) is 20.2 Å². The summed E-state index contributed by atoms with van der Waals surface area (Å²) in [4.78, 5) is 0. The first kappa shape index (κ1) is 17.2. The van der Waals surface area contributed by atoms with Gasteiger partial charge in [0, 0.05) is 6.54 Å². The monoisotopic (exact) mass is 219 g/mol. The molecule has 0 bridgehead atoms. The summed E-state index contributed by atoms with van der Waals surface area (Å²) < 4.78 is 0. The molecule has 0 saturated heterocycles. The maximum absolute atomic E-state index is 9.21. The fourth-order valence-electron chi connectivity index (χ4n) is 0.893. The Morgan fingerprint density at radius 2 is 1.43 bits per heavy atom. The van der Waals surface area contributed by atoms with Crippen LogP contribution in [0.5, 0.6) is 0 Å². The molecule has 0 saturated carbocycles. The molecule has 6 nitrogen and oxygen atoms in total. The summed E-state index contributed by atoms with van der Waals surface area (Å²) in [5.41, 5.74) is 0. The number of likely N-dealkylation sites (N-methyl/N-ethyl adjacent to an activating group) is 1. The Bertz CT molecular complexity index is 139. The van der Waals surface area contributed by atoms with Gasteiger partial charge < -0.3 is 30.8 Å². The molecule has 0 spiro atoms. The molecule has 0 aliphatic heterocycles. The van der Waals surface area contributed by atoms with Crippen LogP contribution in [0.3, 0.4) is 0 Å². The normalized spacial score (nSPS) is 19.3. The molecule has 0 aromatic rings. The van der Waals surface area contributed by atoms with Gasteiger partial charge in [-0.15, -0.1) is 0 Å². The fraction of sp³-hybridized carbons (Fsp3) is 1.00. The Kier molecular flexibility index (Phi) is 11.1. The van der Waals surface area contributed by atoms with Gasteiger partial charge in [-0.3, -0.25) is 0 Å². The van der Waals surface area contributed by atoms with Crippen LogP contribution in [0.25, 0.3) is 0 Å². The summed E-state index contributed by atoms with van der Waals surface area (Å²) in [5.74, 6) is 0. The third-order valence-electron chi connectivity index (χ3n) is 1.74. The van der Waals surface area contributed by atoms with E-state index in [1.807, 2.05) is 0 Å². The number of aliphatic hydroxyl groups is 5. The molecule has 0 rings (SSSR count). The van der Waals surface area contributed by atoms with E-state index in [4.69, 9.17) is 20.4 Å². The number of hydrogen-bond acceptors (Lipinski definition) is 6. The van der Waals surface area contributed by atoms with Gasteiger partial charge in [-0.25, -0.2) is 0 Å². The molecule has 0 amide bonds. The van der Waals surface area contributed by atoms with Crippen LogP contribution >= 0.6 is 0 Å². The maximum atomic E-state index is 9.21. The Balaban J connectivity index is 0. The average molecular weight is 219 g/mol. The number of rotatable bonds is 6. The Hall–Kier alpha value is 0.760. The third kappa shape index (κ3) is 5.59. The zero-order valence-electron chi connectivity index (χ0n) is 7.46. The molecular weight excluding hydrogens is 201 g/mol. The van der Waals surface area contributed by atoms with E-state index in [0.717, 1.165) is 0 Å². The van der Waals surface area contributed by atoms with Gasteiger partial charge in [0.05, 0.1) is 12.7 Å². The average Bonchev–Trinajstić information content (AvgIpc) is 2.14. The molecule has 0 aromatic carbocycles. The van der Waals surface area contributed by atoms with Crippen molar-refractivity contribution in [3.05, 3.63) is 0 Å². The first-order valence-electron chi connectivity index (χ1n) is 4.02. The first-order valence-corrected chi connectivity index (χ1v) is 4.02. The van der Waals surface area contributed by atoms with Crippen molar-refractivity contribution in [1.82, 2.24) is 5.32 Å². The van der Waals surface area contributed by atoms with Gasteiger partial charge in [-0.05, 0) is 7.05 Å². The Morgan fingerprint density at radius 3 is 1.79 bits per heavy atom. The molecule has 0 aromatic heterocycles. The van der Waals surface area contributed by atoms with E-state index in [-0.39, 0.29) is 36.1 Å². The van der Waals surface area contributed by atoms with Crippen molar-refractivity contribution in [2.45, 2.75) is 24.4 Å². The van der Waals surface area contributed by atoms with Crippen LogP contribution in [0.1, 0.15) is 0 Å². The second-order valence-electron chi connectivity index (χ2n) is 2.86. The zero-order chi connectivity index (χ0) is 10.4. The predicted molar refractivity (Wildman–Crippen MR) is 52.2 cm³/mol. The summed E-state index contributed by atoms with van der Waals surface area (Å²) in [7, 11) is 1.57. The predicted octanol–water partition coefficient (Wildman–Crippen LogP) is -4.01. The van der Waals surface area contributed by atoms with Crippen molar-refractivity contribution >= 4 is 29.6 Å². The van der Waals surface area contributed by atoms with E-state index < -0.39 is 31.0 Å². The van der Waals surface area contributed by atoms with Crippen LogP contribution in [0.2, 0.25) is 0 Å². The summed E-state index contributed by atoms with van der Waals surface area (Å²) in [6.07, 6.45) is -5.65. The number of aliphatic hydroxyl groups excluding tert-OH is 5. The fourth-order valence-corrected chi connectivity index (χ4v) is 0.893. The van der Waals surface area contributed by atoms with Gasteiger partial charge in [-0.2, -0.15) is 0 Å². The molecule has 6 N–H and O–H groups in total. The van der Waals surface area contributed by atoms with Crippen LogP contribution in [-0.2, 0) is 0 Å². The summed E-state index contributed by atoms with van der Waals surface area (Å²) >= 11 is 0. The second kappa shape index (κ2) is 9.02. The van der Waals surface area contributed by atoms with Crippen LogP contribution in [-0.4, -0.2) is 99.7 Å². The van der Waals surface area contributed by atoms with Gasteiger partial charge in [-0.1, -0.05) is 0 Å². The first-order chi connectivity index (χ1) is 6.04. The minimum atomic E-state index is -1.55. The molecule has 0 heterocycles. The van der Waals surface area contributed by atoms with Gasteiger partial charge in [0.2, 0.25) is 0 Å². The quantitative estimate of drug-likeness (QED) is 0.254. The van der Waals surface area contributed by atoms with Gasteiger partial charge in [0.1, 0.15) is 18.3 Å². The number of nitrogens with one attached hydrogen (secondary N) is 1. The van der Waals surface area contributed by atoms with E-state index >= 15 is 0 Å². The van der Waals surface area contributed by atoms with E-state index in [9.17, 15) is 5.11 Å². The van der Waals surface area contributed by atoms with Crippen molar-refractivity contribution in [3.8, 4) is 0 Å². The molecule has 14 heavy (non-hydrogen) atoms. The molecule has 4 atom stereocenters. The van der Waals surface area contributed by atoms with Crippen molar-refractivity contribution < 1.29 is 25.5 Å². The molecule has 0 radical (unpaired) electrons. The van der Waals surface area contributed by atoms with E-state index in [2.05, 4.69) is 5.32 Å². The number of hydrogen-bond donors (Lipinski definition) is 6. The standard InChI is InChI=1S/C7H17NO5.Na.H/c1-8-2-4(10)6(12)7(13)5(11)3-9;;/h4-13H,2-3H2,1H3;;/t4-,5+,6+,7+;;/m0../s1. The SMILES string of the molecule is CNC[C@H](O)[C@@H](O)[C@H](O)[C@H](O)CO.[NaH]. The van der Waals surface area contributed by atoms with Crippen LogP contribution in [0, 0.1) is 0 Å². The molecule has 0 aliphatic rings. The van der Waals surface area contributed by atoms with Crippen molar-refractivity contribution in [3.63, 3.8) is 0 Å². The minimum absolute atomic E-state index is 0. The summed E-state index contributed by atoms with van der Waals surface area (Å²) in [6, 6.07) is 0. The molecule has 82 valence electrons. The zero-order valence-corrected chi connectivity index (χ0v) is 7.46. The topological polar surface area (TPSA) is 113 Å². The molecular formula is C7H18NNaO5. The van der Waals surface area contributed by atoms with Gasteiger partial charge >= 0.3 is 29.6 Å². The van der Waals surface area contributed by atoms with Gasteiger partial charge in [0.15, 0.2) is 0 Å². The van der Waals surface area contributed by atoms with Crippen molar-refractivity contribution in [2.24, 2.45) is 0 Å². The second-order valence-corrected chi connectivity index (χ2v) is 2.86. The molecule has 7 heteroatoms. The summed E-state index contributed by atoms with van der Waals surface area (Å²) in [5, 5.41) is 47.5.